The third-order valence-corrected chi connectivity index (χ3v) is 6.19. The van der Waals surface area contributed by atoms with Crippen molar-refractivity contribution < 1.29 is 0 Å². The summed E-state index contributed by atoms with van der Waals surface area (Å²) in [6.07, 6.45) is 4.78. The Labute approximate surface area is 168 Å². The Morgan fingerprint density at radius 1 is 1.00 bits per heavy atom. The van der Waals surface area contributed by atoms with E-state index in [1.54, 1.807) is 0 Å². The Morgan fingerprint density at radius 3 is 2.67 bits per heavy atom. The van der Waals surface area contributed by atoms with Crippen molar-refractivity contribution in [2.75, 3.05) is 5.32 Å². The Balaban J connectivity index is 1.54. The summed E-state index contributed by atoms with van der Waals surface area (Å²) >= 11 is 3.43. The predicted molar refractivity (Wildman–Crippen MR) is 116 cm³/mol. The molecule has 0 radical (unpaired) electrons. The van der Waals surface area contributed by atoms with Gasteiger partial charge in [-0.3, -0.25) is 0 Å². The SMILES string of the molecule is Cc1cc(Br)nc(Nc2cc(-c3cnp(Cc4ccccc4)c3)ccn2)c1. The van der Waals surface area contributed by atoms with Crippen LogP contribution >= 0.6 is 23.6 Å². The summed E-state index contributed by atoms with van der Waals surface area (Å²) in [5.74, 6) is 3.82. The van der Waals surface area contributed by atoms with Crippen molar-refractivity contribution in [1.82, 2.24) is 14.7 Å². The van der Waals surface area contributed by atoms with Crippen LogP contribution in [0.5, 0.6) is 0 Å². The van der Waals surface area contributed by atoms with E-state index in [-0.39, 0.29) is 0 Å². The predicted octanol–water partition coefficient (Wildman–Crippen LogP) is 6.39. The molecule has 0 spiro atoms. The standard InChI is InChI=1S/C21H18BrN4P/c1-15-9-19(22)25-21(10-15)26-20-11-17(7-8-23-20)18-12-24-27(14-18)13-16-5-3-2-4-6-16/h2-12,14H,13H2,1H3,(H,23,25,26). The maximum atomic E-state index is 4.71. The molecule has 0 fully saturated rings. The maximum Gasteiger partial charge on any atom is 0.133 e. The van der Waals surface area contributed by atoms with Gasteiger partial charge in [0.25, 0.3) is 0 Å². The van der Waals surface area contributed by atoms with Crippen LogP contribution in [0.25, 0.3) is 11.1 Å². The Bertz CT molecular complexity index is 1040. The molecule has 3 heterocycles. The molecular formula is C21H18BrN4P. The number of hydrogen-bond acceptors (Lipinski definition) is 4. The van der Waals surface area contributed by atoms with Crippen LogP contribution in [0.3, 0.4) is 0 Å². The van der Waals surface area contributed by atoms with Gasteiger partial charge >= 0.3 is 0 Å². The van der Waals surface area contributed by atoms with Gasteiger partial charge in [-0.05, 0) is 77.3 Å². The fourth-order valence-electron chi connectivity index (χ4n) is 2.87. The molecular weight excluding hydrogens is 419 g/mol. The highest BCUT2D eigenvalue weighted by molar-refractivity contribution is 9.10. The maximum absolute atomic E-state index is 4.71. The van der Waals surface area contributed by atoms with Crippen molar-refractivity contribution in [3.8, 4) is 11.1 Å². The van der Waals surface area contributed by atoms with E-state index in [0.29, 0.717) is 0 Å². The minimum Gasteiger partial charge on any atom is -0.325 e. The van der Waals surface area contributed by atoms with E-state index in [9.17, 15) is 0 Å². The van der Waals surface area contributed by atoms with Gasteiger partial charge in [-0.2, -0.15) is 0 Å². The molecule has 4 aromatic rings. The van der Waals surface area contributed by atoms with E-state index in [1.807, 2.05) is 49.6 Å². The number of rotatable bonds is 5. The van der Waals surface area contributed by atoms with Gasteiger partial charge in [-0.1, -0.05) is 30.3 Å². The summed E-state index contributed by atoms with van der Waals surface area (Å²) in [6, 6.07) is 18.5. The molecule has 0 aliphatic carbocycles. The fraction of sp³-hybridized carbons (Fsp3) is 0.0952. The van der Waals surface area contributed by atoms with Crippen LogP contribution in [0, 0.1) is 6.92 Å². The number of aryl methyl sites for hydroxylation is 1. The number of hydrogen-bond donors (Lipinski definition) is 1. The van der Waals surface area contributed by atoms with Crippen LogP contribution in [0.1, 0.15) is 11.1 Å². The van der Waals surface area contributed by atoms with Gasteiger partial charge in [-0.15, -0.1) is 0 Å². The zero-order valence-electron chi connectivity index (χ0n) is 14.8. The van der Waals surface area contributed by atoms with Gasteiger partial charge in [0.2, 0.25) is 0 Å². The highest BCUT2D eigenvalue weighted by atomic mass is 79.9. The van der Waals surface area contributed by atoms with Gasteiger partial charge in [0.1, 0.15) is 16.2 Å². The number of pyridine rings is 2. The van der Waals surface area contributed by atoms with Crippen LogP contribution in [-0.2, 0) is 6.16 Å². The number of benzene rings is 1. The molecule has 0 saturated carbocycles. The van der Waals surface area contributed by atoms with E-state index in [0.717, 1.165) is 39.1 Å². The Kier molecular flexibility index (Phi) is 5.33. The minimum atomic E-state index is -0.503. The molecule has 134 valence electrons. The lowest BCUT2D eigenvalue weighted by atomic mass is 10.1. The van der Waals surface area contributed by atoms with E-state index >= 15 is 0 Å². The van der Waals surface area contributed by atoms with Crippen molar-refractivity contribution in [3.63, 3.8) is 0 Å². The average molecular weight is 437 g/mol. The number of nitrogens with zero attached hydrogens (tertiary/aromatic N) is 3. The monoisotopic (exact) mass is 436 g/mol. The normalized spacial score (nSPS) is 11.4. The largest absolute Gasteiger partial charge is 0.325 e. The number of nitrogens with one attached hydrogen (secondary N) is 1. The Morgan fingerprint density at radius 2 is 1.85 bits per heavy atom. The van der Waals surface area contributed by atoms with Gasteiger partial charge < -0.3 is 5.32 Å². The average Bonchev–Trinajstić information content (AvgIpc) is 3.10. The summed E-state index contributed by atoms with van der Waals surface area (Å²) in [4.78, 5) is 8.86. The highest BCUT2D eigenvalue weighted by Gasteiger charge is 2.06. The van der Waals surface area contributed by atoms with Crippen LogP contribution in [0.15, 0.2) is 77.4 Å². The number of halogens is 1. The molecule has 1 atom stereocenters. The second-order valence-electron chi connectivity index (χ2n) is 6.32. The van der Waals surface area contributed by atoms with E-state index in [1.165, 1.54) is 5.56 Å². The van der Waals surface area contributed by atoms with Gasteiger partial charge in [-0.25, -0.2) is 14.7 Å². The highest BCUT2D eigenvalue weighted by Crippen LogP contribution is 2.34. The molecule has 4 rings (SSSR count). The van der Waals surface area contributed by atoms with E-state index in [4.69, 9.17) is 4.75 Å². The van der Waals surface area contributed by atoms with Crippen molar-refractivity contribution in [2.24, 2.45) is 0 Å². The van der Waals surface area contributed by atoms with Crippen molar-refractivity contribution in [1.29, 1.82) is 0 Å². The zero-order valence-corrected chi connectivity index (χ0v) is 17.3. The van der Waals surface area contributed by atoms with Crippen molar-refractivity contribution in [2.45, 2.75) is 13.1 Å². The lowest BCUT2D eigenvalue weighted by Crippen LogP contribution is -1.97. The summed E-state index contributed by atoms with van der Waals surface area (Å²) < 4.78 is 5.52. The third-order valence-electron chi connectivity index (χ3n) is 4.11. The zero-order chi connectivity index (χ0) is 18.6. The second-order valence-corrected chi connectivity index (χ2v) is 8.82. The molecule has 0 bridgehead atoms. The molecule has 3 aromatic heterocycles. The van der Waals surface area contributed by atoms with Gasteiger partial charge in [0.15, 0.2) is 0 Å². The topological polar surface area (TPSA) is 50.7 Å². The van der Waals surface area contributed by atoms with Gasteiger partial charge in [0.05, 0.1) is 0 Å². The molecule has 6 heteroatoms. The lowest BCUT2D eigenvalue weighted by Gasteiger charge is -2.07. The Hall–Kier alpha value is -2.49. The van der Waals surface area contributed by atoms with Crippen molar-refractivity contribution in [3.05, 3.63) is 88.5 Å². The molecule has 1 N–H and O–H groups in total. The smallest absolute Gasteiger partial charge is 0.133 e. The number of aromatic nitrogens is 3. The summed E-state index contributed by atoms with van der Waals surface area (Å²) in [5, 5.41) is 3.28. The summed E-state index contributed by atoms with van der Waals surface area (Å²) in [7, 11) is -0.503. The minimum absolute atomic E-state index is 0.503. The quantitative estimate of drug-likeness (QED) is 0.368. The van der Waals surface area contributed by atoms with E-state index in [2.05, 4.69) is 61.3 Å². The molecule has 27 heavy (non-hydrogen) atoms. The van der Waals surface area contributed by atoms with Gasteiger partial charge in [0, 0.05) is 24.1 Å². The number of anilines is 2. The molecule has 0 aliphatic heterocycles. The molecule has 4 nitrogen and oxygen atoms in total. The molecule has 1 aromatic carbocycles. The summed E-state index contributed by atoms with van der Waals surface area (Å²) in [5.41, 5.74) is 4.72. The van der Waals surface area contributed by atoms with Crippen LogP contribution in [0.2, 0.25) is 0 Å². The van der Waals surface area contributed by atoms with Crippen molar-refractivity contribution >= 4 is 35.3 Å². The first kappa shape index (κ1) is 17.9. The van der Waals surface area contributed by atoms with E-state index < -0.39 is 7.69 Å². The first-order valence-electron chi connectivity index (χ1n) is 8.60. The first-order valence-corrected chi connectivity index (χ1v) is 10.9. The molecule has 0 aliphatic rings. The van der Waals surface area contributed by atoms with Crippen LogP contribution in [-0.4, -0.2) is 14.7 Å². The third kappa shape index (κ3) is 4.62. The summed E-state index contributed by atoms with van der Waals surface area (Å²) in [6.45, 7) is 2.04. The lowest BCUT2D eigenvalue weighted by molar-refractivity contribution is 1.21. The molecule has 0 amide bonds. The fourth-order valence-corrected chi connectivity index (χ4v) is 5.05. The van der Waals surface area contributed by atoms with Crippen LogP contribution < -0.4 is 5.32 Å². The first-order chi connectivity index (χ1) is 13.2. The second kappa shape index (κ2) is 8.03. The molecule has 0 saturated heterocycles. The van der Waals surface area contributed by atoms with Crippen LogP contribution in [0.4, 0.5) is 11.6 Å². The molecule has 1 unspecified atom stereocenters.